The van der Waals surface area contributed by atoms with Crippen molar-refractivity contribution in [2.75, 3.05) is 46.8 Å². The molecule has 0 atom stereocenters. The Kier molecular flexibility index (Phi) is 6.07. The fourth-order valence-electron chi connectivity index (χ4n) is 3.89. The number of hydrogen-bond donors (Lipinski definition) is 0. The molecule has 32 heavy (non-hydrogen) atoms. The number of nitrogens with zero attached hydrogens (tertiary/aromatic N) is 5. The Labute approximate surface area is 190 Å². The summed E-state index contributed by atoms with van der Waals surface area (Å²) in [7, 11) is 3.44. The molecule has 2 aromatic rings. The normalized spacial score (nSPS) is 16.5. The Balaban J connectivity index is 1.31. The fraction of sp³-hybridized carbons (Fsp3) is 0.409. The minimum Gasteiger partial charge on any atom is -0.344 e. The van der Waals surface area contributed by atoms with Crippen LogP contribution in [0.5, 0.6) is 0 Å². The molecule has 0 spiro atoms. The number of rotatable bonds is 5. The lowest BCUT2D eigenvalue weighted by molar-refractivity contribution is -0.133. The maximum atomic E-state index is 12.8. The van der Waals surface area contributed by atoms with Crippen molar-refractivity contribution in [3.05, 3.63) is 51.0 Å². The highest BCUT2D eigenvalue weighted by Crippen LogP contribution is 2.23. The van der Waals surface area contributed by atoms with E-state index in [1.165, 1.54) is 11.3 Å². The van der Waals surface area contributed by atoms with E-state index in [9.17, 15) is 19.2 Å². The van der Waals surface area contributed by atoms with Crippen molar-refractivity contribution >= 4 is 35.0 Å². The highest BCUT2D eigenvalue weighted by atomic mass is 32.1. The molecule has 168 valence electrons. The average Bonchev–Trinajstić information content (AvgIpc) is 3.26. The molecule has 9 nitrogen and oxygen atoms in total. The van der Waals surface area contributed by atoms with Crippen LogP contribution in [0.3, 0.4) is 0 Å². The number of piperazine rings is 1. The molecule has 1 fully saturated rings. The smallest absolute Gasteiger partial charge is 0.265 e. The van der Waals surface area contributed by atoms with Gasteiger partial charge in [-0.25, -0.2) is 4.98 Å². The third-order valence-electron chi connectivity index (χ3n) is 5.70. The number of carbonyl (C=O) groups is 4. The Morgan fingerprint density at radius 2 is 1.62 bits per heavy atom. The molecule has 1 aromatic carbocycles. The highest BCUT2D eigenvalue weighted by Gasteiger charge is 2.37. The molecule has 0 bridgehead atoms. The number of aryl methyl sites for hydroxylation is 1. The molecule has 0 aliphatic carbocycles. The Bertz CT molecular complexity index is 1050. The van der Waals surface area contributed by atoms with Crippen molar-refractivity contribution in [3.8, 4) is 0 Å². The van der Waals surface area contributed by atoms with Gasteiger partial charge in [-0.2, -0.15) is 0 Å². The predicted octanol–water partition coefficient (Wildman–Crippen LogP) is 1.09. The molecule has 0 radical (unpaired) electrons. The number of imide groups is 1. The van der Waals surface area contributed by atoms with E-state index in [-0.39, 0.29) is 18.4 Å². The van der Waals surface area contributed by atoms with E-state index < -0.39 is 11.8 Å². The molecule has 0 saturated carbocycles. The summed E-state index contributed by atoms with van der Waals surface area (Å²) in [5, 5.41) is 0.874. The van der Waals surface area contributed by atoms with Gasteiger partial charge in [0.15, 0.2) is 0 Å². The zero-order valence-electron chi connectivity index (χ0n) is 18.3. The summed E-state index contributed by atoms with van der Waals surface area (Å²) < 4.78 is 0. The SMILES string of the molecule is Cc1nc(CN2CCN(C(=O)CN3C(=O)c4ccccc4C3=O)CC2)sc1C(=O)N(C)C. The van der Waals surface area contributed by atoms with Gasteiger partial charge < -0.3 is 9.80 Å². The van der Waals surface area contributed by atoms with Crippen molar-refractivity contribution in [2.45, 2.75) is 13.5 Å². The second-order valence-corrected chi connectivity index (χ2v) is 9.20. The summed E-state index contributed by atoms with van der Waals surface area (Å²) >= 11 is 1.41. The summed E-state index contributed by atoms with van der Waals surface area (Å²) in [4.78, 5) is 61.6. The molecule has 2 aliphatic rings. The van der Waals surface area contributed by atoms with Crippen LogP contribution in [0, 0.1) is 6.92 Å². The van der Waals surface area contributed by atoms with Crippen LogP contribution in [0.2, 0.25) is 0 Å². The first kappa shape index (κ1) is 22.1. The van der Waals surface area contributed by atoms with Gasteiger partial charge in [-0.05, 0) is 19.1 Å². The monoisotopic (exact) mass is 455 g/mol. The summed E-state index contributed by atoms with van der Waals surface area (Å²) in [5.41, 5.74) is 1.43. The number of thiazole rings is 1. The standard InChI is InChI=1S/C22H25N5O4S/c1-14-19(22(31)24(2)3)32-17(23-14)12-25-8-10-26(11-9-25)18(28)13-27-20(29)15-6-4-5-7-16(15)21(27)30/h4-7H,8-13H2,1-3H3. The first-order valence-corrected chi connectivity index (χ1v) is 11.2. The lowest BCUT2D eigenvalue weighted by Crippen LogP contribution is -2.51. The summed E-state index contributed by atoms with van der Waals surface area (Å²) in [6, 6.07) is 6.63. The first-order valence-electron chi connectivity index (χ1n) is 10.4. The quantitative estimate of drug-likeness (QED) is 0.627. The van der Waals surface area contributed by atoms with Gasteiger partial charge in [0.2, 0.25) is 5.91 Å². The van der Waals surface area contributed by atoms with E-state index in [1.54, 1.807) is 48.2 Å². The Morgan fingerprint density at radius 3 is 2.19 bits per heavy atom. The average molecular weight is 456 g/mol. The van der Waals surface area contributed by atoms with Gasteiger partial charge in [-0.15, -0.1) is 11.3 Å². The van der Waals surface area contributed by atoms with Crippen molar-refractivity contribution in [1.29, 1.82) is 0 Å². The molecule has 3 heterocycles. The minimum absolute atomic E-state index is 0.0465. The Morgan fingerprint density at radius 1 is 1.03 bits per heavy atom. The van der Waals surface area contributed by atoms with Crippen LogP contribution >= 0.6 is 11.3 Å². The van der Waals surface area contributed by atoms with E-state index >= 15 is 0 Å². The lowest BCUT2D eigenvalue weighted by atomic mass is 10.1. The number of carbonyl (C=O) groups excluding carboxylic acids is 4. The van der Waals surface area contributed by atoms with Crippen LogP contribution in [0.25, 0.3) is 0 Å². The number of aromatic nitrogens is 1. The van der Waals surface area contributed by atoms with E-state index in [4.69, 9.17) is 0 Å². The largest absolute Gasteiger partial charge is 0.344 e. The summed E-state index contributed by atoms with van der Waals surface area (Å²) in [6.45, 7) is 4.55. The maximum absolute atomic E-state index is 12.8. The molecular weight excluding hydrogens is 430 g/mol. The zero-order chi connectivity index (χ0) is 23.0. The van der Waals surface area contributed by atoms with Crippen LogP contribution in [0.1, 0.15) is 41.1 Å². The van der Waals surface area contributed by atoms with Crippen LogP contribution in [0.4, 0.5) is 0 Å². The van der Waals surface area contributed by atoms with Crippen molar-refractivity contribution in [3.63, 3.8) is 0 Å². The van der Waals surface area contributed by atoms with Crippen LogP contribution in [0.15, 0.2) is 24.3 Å². The van der Waals surface area contributed by atoms with Gasteiger partial charge in [0.05, 0.1) is 23.4 Å². The molecule has 2 aliphatic heterocycles. The number of amides is 4. The Hall–Kier alpha value is -3.11. The molecule has 4 rings (SSSR count). The van der Waals surface area contributed by atoms with Crippen molar-refractivity contribution in [1.82, 2.24) is 24.6 Å². The van der Waals surface area contributed by atoms with Gasteiger partial charge in [0.1, 0.15) is 16.4 Å². The molecule has 0 unspecified atom stereocenters. The van der Waals surface area contributed by atoms with E-state index in [0.29, 0.717) is 48.7 Å². The predicted molar refractivity (Wildman–Crippen MR) is 119 cm³/mol. The molecule has 1 saturated heterocycles. The number of benzene rings is 1. The van der Waals surface area contributed by atoms with Gasteiger partial charge in [0, 0.05) is 40.3 Å². The second-order valence-electron chi connectivity index (χ2n) is 8.12. The van der Waals surface area contributed by atoms with Gasteiger partial charge in [-0.3, -0.25) is 29.0 Å². The maximum Gasteiger partial charge on any atom is 0.265 e. The van der Waals surface area contributed by atoms with Crippen LogP contribution < -0.4 is 0 Å². The van der Waals surface area contributed by atoms with Crippen LogP contribution in [-0.4, -0.2) is 95.0 Å². The lowest BCUT2D eigenvalue weighted by Gasteiger charge is -2.34. The molecule has 1 aromatic heterocycles. The minimum atomic E-state index is -0.417. The van der Waals surface area contributed by atoms with Crippen LogP contribution in [-0.2, 0) is 11.3 Å². The highest BCUT2D eigenvalue weighted by molar-refractivity contribution is 7.13. The van der Waals surface area contributed by atoms with Gasteiger partial charge >= 0.3 is 0 Å². The summed E-state index contributed by atoms with van der Waals surface area (Å²) in [5.74, 6) is -1.11. The van der Waals surface area contributed by atoms with Crippen molar-refractivity contribution < 1.29 is 19.2 Å². The number of hydrogen-bond acceptors (Lipinski definition) is 7. The zero-order valence-corrected chi connectivity index (χ0v) is 19.1. The fourth-order valence-corrected chi connectivity index (χ4v) is 5.01. The third-order valence-corrected chi connectivity index (χ3v) is 6.83. The third kappa shape index (κ3) is 4.15. The van der Waals surface area contributed by atoms with Gasteiger partial charge in [0.25, 0.3) is 17.7 Å². The molecule has 4 amide bonds. The van der Waals surface area contributed by atoms with Gasteiger partial charge in [-0.1, -0.05) is 12.1 Å². The topological polar surface area (TPSA) is 94.1 Å². The second kappa shape index (κ2) is 8.79. The molecule has 0 N–H and O–H groups in total. The van der Waals surface area contributed by atoms with E-state index in [1.807, 2.05) is 6.92 Å². The first-order chi connectivity index (χ1) is 15.3. The summed E-state index contributed by atoms with van der Waals surface area (Å²) in [6.07, 6.45) is 0. The molecular formula is C22H25N5O4S. The number of fused-ring (bicyclic) bond motifs is 1. The van der Waals surface area contributed by atoms with E-state index in [2.05, 4.69) is 9.88 Å². The van der Waals surface area contributed by atoms with Crippen molar-refractivity contribution in [2.24, 2.45) is 0 Å². The molecule has 10 heteroatoms. The van der Waals surface area contributed by atoms with E-state index in [0.717, 1.165) is 15.6 Å².